The molecule has 0 bridgehead atoms. The molecule has 0 N–H and O–H groups in total. The number of hydrogen-bond acceptors (Lipinski definition) is 0. The van der Waals surface area contributed by atoms with Gasteiger partial charge in [-0.05, 0) is 37.0 Å². The summed E-state index contributed by atoms with van der Waals surface area (Å²) in [6.45, 7) is 0. The molecule has 0 spiro atoms. The quantitative estimate of drug-likeness (QED) is 0.414. The van der Waals surface area contributed by atoms with E-state index < -0.39 is 0 Å². The summed E-state index contributed by atoms with van der Waals surface area (Å²) >= 11 is 0. The van der Waals surface area contributed by atoms with Crippen LogP contribution in [0, 0.1) is 17.8 Å². The monoisotopic (exact) mass is 106 g/mol. The molecule has 0 aromatic carbocycles. The van der Waals surface area contributed by atoms with E-state index in [0.717, 1.165) is 17.8 Å². The minimum Gasteiger partial charge on any atom is -0.0813 e. The second-order valence-electron chi connectivity index (χ2n) is 3.47. The van der Waals surface area contributed by atoms with Crippen LogP contribution in [0.4, 0.5) is 0 Å². The first-order valence-corrected chi connectivity index (χ1v) is 3.66. The van der Waals surface area contributed by atoms with Crippen LogP contribution in [0.15, 0.2) is 11.6 Å². The van der Waals surface area contributed by atoms with Gasteiger partial charge in [-0.1, -0.05) is 11.6 Å². The molecule has 0 aromatic rings. The molecule has 0 aromatic heterocycles. The van der Waals surface area contributed by atoms with Gasteiger partial charge in [-0.25, -0.2) is 0 Å². The highest BCUT2D eigenvalue weighted by atomic mass is 14.5. The summed E-state index contributed by atoms with van der Waals surface area (Å²) < 4.78 is 0. The third-order valence-corrected chi connectivity index (χ3v) is 3.19. The zero-order valence-electron chi connectivity index (χ0n) is 4.93. The van der Waals surface area contributed by atoms with Gasteiger partial charge in [-0.2, -0.15) is 0 Å². The molecule has 0 heteroatoms. The molecule has 2 saturated carbocycles. The van der Waals surface area contributed by atoms with Crippen molar-refractivity contribution in [1.82, 2.24) is 0 Å². The molecule has 0 aliphatic heterocycles. The van der Waals surface area contributed by atoms with E-state index in [0.29, 0.717) is 0 Å². The van der Waals surface area contributed by atoms with E-state index in [-0.39, 0.29) is 0 Å². The molecular formula is C8H10. The normalized spacial score (nSPS) is 56.0. The summed E-state index contributed by atoms with van der Waals surface area (Å²) in [5.41, 5.74) is 1.80. The molecular weight excluding hydrogens is 96.1 g/mol. The lowest BCUT2D eigenvalue weighted by molar-refractivity contribution is 0.251. The maximum Gasteiger partial charge on any atom is -0.0109 e. The van der Waals surface area contributed by atoms with Crippen molar-refractivity contribution in [2.75, 3.05) is 0 Å². The summed E-state index contributed by atoms with van der Waals surface area (Å²) in [6.07, 6.45) is 7.03. The van der Waals surface area contributed by atoms with Crippen molar-refractivity contribution >= 4 is 0 Å². The molecule has 3 rings (SSSR count). The highest BCUT2D eigenvalue weighted by molar-refractivity contribution is 5.34. The lowest BCUT2D eigenvalue weighted by Gasteiger charge is -2.44. The molecule has 3 aliphatic carbocycles. The van der Waals surface area contributed by atoms with Crippen LogP contribution in [-0.2, 0) is 0 Å². The third-order valence-electron chi connectivity index (χ3n) is 3.19. The van der Waals surface area contributed by atoms with Crippen LogP contribution in [0.3, 0.4) is 0 Å². The van der Waals surface area contributed by atoms with Crippen molar-refractivity contribution in [3.8, 4) is 0 Å². The van der Waals surface area contributed by atoms with Crippen LogP contribution >= 0.6 is 0 Å². The van der Waals surface area contributed by atoms with Gasteiger partial charge >= 0.3 is 0 Å². The van der Waals surface area contributed by atoms with E-state index >= 15 is 0 Å². The Kier molecular flexibility index (Phi) is 0.415. The van der Waals surface area contributed by atoms with Crippen LogP contribution in [-0.4, -0.2) is 0 Å². The lowest BCUT2D eigenvalue weighted by atomic mass is 9.60. The summed E-state index contributed by atoms with van der Waals surface area (Å²) in [5.74, 6) is 3.33. The second-order valence-corrected chi connectivity index (χ2v) is 3.47. The van der Waals surface area contributed by atoms with Crippen molar-refractivity contribution in [3.05, 3.63) is 11.6 Å². The Hall–Kier alpha value is -0.260. The Morgan fingerprint density at radius 1 is 1.38 bits per heavy atom. The van der Waals surface area contributed by atoms with Crippen LogP contribution in [0.5, 0.6) is 0 Å². The molecule has 3 atom stereocenters. The van der Waals surface area contributed by atoms with Gasteiger partial charge in [0.1, 0.15) is 0 Å². The van der Waals surface area contributed by atoms with Gasteiger partial charge in [0.2, 0.25) is 0 Å². The highest BCUT2D eigenvalue weighted by Gasteiger charge is 2.50. The van der Waals surface area contributed by atoms with Crippen molar-refractivity contribution in [2.45, 2.75) is 19.3 Å². The topological polar surface area (TPSA) is 0 Å². The van der Waals surface area contributed by atoms with Gasteiger partial charge in [0.05, 0.1) is 0 Å². The molecule has 0 amide bonds. The number of allylic oxidation sites excluding steroid dienone is 2. The van der Waals surface area contributed by atoms with Gasteiger partial charge in [0.25, 0.3) is 0 Å². The minimum atomic E-state index is 1.06. The van der Waals surface area contributed by atoms with Crippen LogP contribution < -0.4 is 0 Å². The number of hydrogen-bond donors (Lipinski definition) is 0. The Bertz CT molecular complexity index is 167. The molecule has 42 valence electrons. The predicted octanol–water partition coefficient (Wildman–Crippen LogP) is 1.97. The maximum absolute atomic E-state index is 2.51. The average molecular weight is 106 g/mol. The molecule has 3 unspecified atom stereocenters. The first-order chi connectivity index (χ1) is 3.95. The standard InChI is InChI=1S/C8H10/c1-2-6-4-7-3-5(1)8(6)7/h3,5-6,8H,1-2,4H2. The van der Waals surface area contributed by atoms with Crippen molar-refractivity contribution in [1.29, 1.82) is 0 Å². The first-order valence-electron chi connectivity index (χ1n) is 3.66. The van der Waals surface area contributed by atoms with Crippen molar-refractivity contribution < 1.29 is 0 Å². The molecule has 0 radical (unpaired) electrons. The Morgan fingerprint density at radius 3 is 3.00 bits per heavy atom. The Balaban J connectivity index is 2.11. The van der Waals surface area contributed by atoms with Gasteiger partial charge in [-0.15, -0.1) is 0 Å². The molecule has 8 heavy (non-hydrogen) atoms. The first kappa shape index (κ1) is 3.71. The average Bonchev–Trinajstić information content (AvgIpc) is 2.02. The highest BCUT2D eigenvalue weighted by Crippen LogP contribution is 2.61. The van der Waals surface area contributed by atoms with Crippen LogP contribution in [0.1, 0.15) is 19.3 Å². The molecule has 0 heterocycles. The third kappa shape index (κ3) is 0.211. The number of rotatable bonds is 0. The fraction of sp³-hybridized carbons (Fsp3) is 0.750. The van der Waals surface area contributed by atoms with Gasteiger partial charge < -0.3 is 0 Å². The molecule has 3 aliphatic rings. The summed E-state index contributed by atoms with van der Waals surface area (Å²) in [5, 5.41) is 0. The molecule has 2 fully saturated rings. The van der Waals surface area contributed by atoms with Crippen molar-refractivity contribution in [2.24, 2.45) is 17.8 Å². The van der Waals surface area contributed by atoms with Gasteiger partial charge in [-0.3, -0.25) is 0 Å². The van der Waals surface area contributed by atoms with Gasteiger partial charge in [0, 0.05) is 0 Å². The largest absolute Gasteiger partial charge is 0.0813 e. The summed E-state index contributed by atoms with van der Waals surface area (Å²) in [7, 11) is 0. The zero-order valence-corrected chi connectivity index (χ0v) is 4.93. The van der Waals surface area contributed by atoms with Crippen LogP contribution in [0.2, 0.25) is 0 Å². The maximum atomic E-state index is 2.51. The summed E-state index contributed by atoms with van der Waals surface area (Å²) in [4.78, 5) is 0. The fourth-order valence-corrected chi connectivity index (χ4v) is 2.72. The summed E-state index contributed by atoms with van der Waals surface area (Å²) in [6, 6.07) is 0. The van der Waals surface area contributed by atoms with Crippen molar-refractivity contribution in [3.63, 3.8) is 0 Å². The van der Waals surface area contributed by atoms with Crippen LogP contribution in [0.25, 0.3) is 0 Å². The van der Waals surface area contributed by atoms with E-state index in [1.54, 1.807) is 5.57 Å². The second kappa shape index (κ2) is 0.896. The smallest absolute Gasteiger partial charge is 0.0109 e. The predicted molar refractivity (Wildman–Crippen MR) is 32.4 cm³/mol. The van der Waals surface area contributed by atoms with Gasteiger partial charge in [0.15, 0.2) is 0 Å². The Morgan fingerprint density at radius 2 is 2.38 bits per heavy atom. The Labute approximate surface area is 49.6 Å². The van der Waals surface area contributed by atoms with E-state index in [9.17, 15) is 0 Å². The van der Waals surface area contributed by atoms with E-state index in [1.165, 1.54) is 19.3 Å². The SMILES string of the molecule is C1=C2CC3CCC1C23. The van der Waals surface area contributed by atoms with E-state index in [2.05, 4.69) is 6.08 Å². The minimum absolute atomic E-state index is 1.06. The molecule has 0 saturated heterocycles. The lowest BCUT2D eigenvalue weighted by Crippen LogP contribution is -2.34. The zero-order chi connectivity index (χ0) is 5.14. The fourth-order valence-electron chi connectivity index (χ4n) is 2.72. The van der Waals surface area contributed by atoms with E-state index in [4.69, 9.17) is 0 Å². The molecule has 0 nitrogen and oxygen atoms in total. The van der Waals surface area contributed by atoms with E-state index in [1.807, 2.05) is 0 Å².